The van der Waals surface area contributed by atoms with E-state index in [-0.39, 0.29) is 11.7 Å². The summed E-state index contributed by atoms with van der Waals surface area (Å²) in [5, 5.41) is 7.00. The number of nitrogens with one attached hydrogen (secondary N) is 1. The SMILES string of the molecule is Cc1noc(C)c1[C@@H](C)C(=O)Nc1nc(-c2ccc(F)cc2)ns1. The number of rotatable bonds is 4. The van der Waals surface area contributed by atoms with Gasteiger partial charge in [0.15, 0.2) is 5.82 Å². The summed E-state index contributed by atoms with van der Waals surface area (Å²) >= 11 is 1.07. The molecule has 0 fully saturated rings. The molecule has 124 valence electrons. The average molecular weight is 346 g/mol. The van der Waals surface area contributed by atoms with Gasteiger partial charge < -0.3 is 9.84 Å². The van der Waals surface area contributed by atoms with Crippen LogP contribution in [0.25, 0.3) is 11.4 Å². The number of hydrogen-bond donors (Lipinski definition) is 1. The molecule has 0 unspecified atom stereocenters. The maximum atomic E-state index is 13.0. The van der Waals surface area contributed by atoms with Crippen molar-refractivity contribution < 1.29 is 13.7 Å². The van der Waals surface area contributed by atoms with Gasteiger partial charge in [-0.15, -0.1) is 0 Å². The van der Waals surface area contributed by atoms with Crippen LogP contribution in [0.4, 0.5) is 9.52 Å². The van der Waals surface area contributed by atoms with Gasteiger partial charge in [-0.3, -0.25) is 4.79 Å². The molecule has 2 aromatic heterocycles. The van der Waals surface area contributed by atoms with E-state index in [0.29, 0.717) is 28.0 Å². The van der Waals surface area contributed by atoms with Crippen molar-refractivity contribution in [3.8, 4) is 11.4 Å². The summed E-state index contributed by atoms with van der Waals surface area (Å²) in [5.41, 5.74) is 2.15. The van der Waals surface area contributed by atoms with Crippen molar-refractivity contribution in [2.75, 3.05) is 5.32 Å². The van der Waals surface area contributed by atoms with E-state index in [0.717, 1.165) is 17.1 Å². The third-order valence-electron chi connectivity index (χ3n) is 3.67. The molecular weight excluding hydrogens is 331 g/mol. The van der Waals surface area contributed by atoms with Crippen molar-refractivity contribution in [3.63, 3.8) is 0 Å². The maximum Gasteiger partial charge on any atom is 0.233 e. The first-order chi connectivity index (χ1) is 11.5. The largest absolute Gasteiger partial charge is 0.361 e. The Morgan fingerprint density at radius 2 is 2.00 bits per heavy atom. The Bertz CT molecular complexity index is 853. The summed E-state index contributed by atoms with van der Waals surface area (Å²) in [4.78, 5) is 16.7. The minimum absolute atomic E-state index is 0.216. The molecule has 0 radical (unpaired) electrons. The smallest absolute Gasteiger partial charge is 0.233 e. The van der Waals surface area contributed by atoms with Gasteiger partial charge in [-0.05, 0) is 45.0 Å². The zero-order valence-corrected chi connectivity index (χ0v) is 14.1. The fourth-order valence-electron chi connectivity index (χ4n) is 2.44. The number of carbonyl (C=O) groups is 1. The number of anilines is 1. The molecule has 3 rings (SSSR count). The molecule has 1 atom stereocenters. The molecule has 3 aromatic rings. The summed E-state index contributed by atoms with van der Waals surface area (Å²) in [5.74, 6) is 0.108. The summed E-state index contributed by atoms with van der Waals surface area (Å²) in [7, 11) is 0. The quantitative estimate of drug-likeness (QED) is 0.779. The van der Waals surface area contributed by atoms with Crippen LogP contribution in [-0.4, -0.2) is 20.4 Å². The number of amides is 1. The zero-order chi connectivity index (χ0) is 17.3. The van der Waals surface area contributed by atoms with Gasteiger partial charge in [-0.1, -0.05) is 5.16 Å². The molecule has 1 N–H and O–H groups in total. The Labute approximate surface area is 141 Å². The maximum absolute atomic E-state index is 13.0. The van der Waals surface area contributed by atoms with Gasteiger partial charge in [0.05, 0.1) is 11.6 Å². The number of halogens is 1. The van der Waals surface area contributed by atoms with E-state index < -0.39 is 5.92 Å². The van der Waals surface area contributed by atoms with Gasteiger partial charge in [0.2, 0.25) is 11.0 Å². The predicted octanol–water partition coefficient (Wildman–Crippen LogP) is 3.69. The number of nitrogens with zero attached hydrogens (tertiary/aromatic N) is 3. The highest BCUT2D eigenvalue weighted by atomic mass is 32.1. The highest BCUT2D eigenvalue weighted by Crippen LogP contribution is 2.26. The average Bonchev–Trinajstić information content (AvgIpc) is 3.14. The zero-order valence-electron chi connectivity index (χ0n) is 13.3. The molecule has 0 aliphatic rings. The molecule has 0 saturated heterocycles. The minimum Gasteiger partial charge on any atom is -0.361 e. The van der Waals surface area contributed by atoms with Gasteiger partial charge in [0, 0.05) is 22.7 Å². The Balaban J connectivity index is 1.75. The number of hydrogen-bond acceptors (Lipinski definition) is 6. The second-order valence-corrected chi connectivity index (χ2v) is 6.13. The van der Waals surface area contributed by atoms with Crippen LogP contribution in [0.1, 0.15) is 29.9 Å². The van der Waals surface area contributed by atoms with E-state index in [1.807, 2.05) is 0 Å². The first-order valence-electron chi connectivity index (χ1n) is 7.29. The topological polar surface area (TPSA) is 80.9 Å². The van der Waals surface area contributed by atoms with Gasteiger partial charge in [0.1, 0.15) is 11.6 Å². The third-order valence-corrected chi connectivity index (χ3v) is 4.30. The van der Waals surface area contributed by atoms with Crippen LogP contribution in [0.3, 0.4) is 0 Å². The van der Waals surface area contributed by atoms with Gasteiger partial charge >= 0.3 is 0 Å². The summed E-state index contributed by atoms with van der Waals surface area (Å²) in [6.07, 6.45) is 0. The minimum atomic E-state index is -0.422. The first-order valence-corrected chi connectivity index (χ1v) is 8.06. The van der Waals surface area contributed by atoms with Crippen molar-refractivity contribution in [3.05, 3.63) is 47.1 Å². The molecule has 8 heteroatoms. The van der Waals surface area contributed by atoms with Gasteiger partial charge in [-0.25, -0.2) is 4.39 Å². The van der Waals surface area contributed by atoms with E-state index in [2.05, 4.69) is 19.8 Å². The lowest BCUT2D eigenvalue weighted by atomic mass is 9.99. The van der Waals surface area contributed by atoms with E-state index in [4.69, 9.17) is 4.52 Å². The number of benzene rings is 1. The molecule has 0 bridgehead atoms. The molecular formula is C16H15FN4O2S. The van der Waals surface area contributed by atoms with Crippen LogP contribution in [0.2, 0.25) is 0 Å². The van der Waals surface area contributed by atoms with Crippen molar-refractivity contribution in [1.82, 2.24) is 14.5 Å². The molecule has 0 saturated carbocycles. The third kappa shape index (κ3) is 3.18. The molecule has 0 aliphatic heterocycles. The van der Waals surface area contributed by atoms with Crippen LogP contribution in [-0.2, 0) is 4.79 Å². The summed E-state index contributed by atoms with van der Waals surface area (Å²) < 4.78 is 22.3. The van der Waals surface area contributed by atoms with Gasteiger partial charge in [0.25, 0.3) is 0 Å². The molecule has 2 heterocycles. The summed E-state index contributed by atoms with van der Waals surface area (Å²) in [6, 6.07) is 5.87. The Kier molecular flexibility index (Phi) is 4.39. The number of carbonyl (C=O) groups excluding carboxylic acids is 1. The Morgan fingerprint density at radius 1 is 1.29 bits per heavy atom. The van der Waals surface area contributed by atoms with E-state index >= 15 is 0 Å². The van der Waals surface area contributed by atoms with E-state index in [1.165, 1.54) is 12.1 Å². The van der Waals surface area contributed by atoms with E-state index in [1.54, 1.807) is 32.9 Å². The molecule has 0 aliphatic carbocycles. The second kappa shape index (κ2) is 6.48. The molecule has 1 amide bonds. The van der Waals surface area contributed by atoms with Crippen molar-refractivity contribution in [1.29, 1.82) is 0 Å². The Hall–Kier alpha value is -2.61. The number of aryl methyl sites for hydroxylation is 2. The van der Waals surface area contributed by atoms with Crippen LogP contribution in [0.5, 0.6) is 0 Å². The monoisotopic (exact) mass is 346 g/mol. The second-order valence-electron chi connectivity index (χ2n) is 5.38. The highest BCUT2D eigenvalue weighted by molar-refractivity contribution is 7.10. The van der Waals surface area contributed by atoms with Crippen molar-refractivity contribution >= 4 is 22.6 Å². The fourth-order valence-corrected chi connectivity index (χ4v) is 3.04. The molecule has 24 heavy (non-hydrogen) atoms. The summed E-state index contributed by atoms with van der Waals surface area (Å²) in [6.45, 7) is 5.35. The lowest BCUT2D eigenvalue weighted by Crippen LogP contribution is -2.19. The predicted molar refractivity (Wildman–Crippen MR) is 88.3 cm³/mol. The highest BCUT2D eigenvalue weighted by Gasteiger charge is 2.23. The van der Waals surface area contributed by atoms with Crippen LogP contribution in [0, 0.1) is 19.7 Å². The lowest BCUT2D eigenvalue weighted by molar-refractivity contribution is -0.117. The standard InChI is InChI=1S/C16H15FN4O2S/c1-8(13-9(2)20-23-10(13)3)15(22)19-16-18-14(21-24-16)11-4-6-12(17)7-5-11/h4-8H,1-3H3,(H,18,19,21,22)/t8-/m1/s1. The van der Waals surface area contributed by atoms with E-state index in [9.17, 15) is 9.18 Å². The number of aromatic nitrogens is 3. The molecule has 1 aromatic carbocycles. The Morgan fingerprint density at radius 3 is 2.62 bits per heavy atom. The van der Waals surface area contributed by atoms with Crippen LogP contribution in [0.15, 0.2) is 28.8 Å². The lowest BCUT2D eigenvalue weighted by Gasteiger charge is -2.09. The van der Waals surface area contributed by atoms with Crippen LogP contribution >= 0.6 is 11.5 Å². The fraction of sp³-hybridized carbons (Fsp3) is 0.250. The van der Waals surface area contributed by atoms with Crippen LogP contribution < -0.4 is 5.32 Å². The van der Waals surface area contributed by atoms with Gasteiger partial charge in [-0.2, -0.15) is 9.36 Å². The van der Waals surface area contributed by atoms with Crippen molar-refractivity contribution in [2.45, 2.75) is 26.7 Å². The first kappa shape index (κ1) is 16.3. The van der Waals surface area contributed by atoms with Crippen molar-refractivity contribution in [2.24, 2.45) is 0 Å². The molecule has 0 spiro atoms. The normalized spacial score (nSPS) is 12.2. The molecule has 6 nitrogen and oxygen atoms in total.